The Morgan fingerprint density at radius 1 is 0.667 bits per heavy atom. The Morgan fingerprint density at radius 2 is 1.00 bits per heavy atom. The van der Waals surface area contributed by atoms with Crippen LogP contribution in [0.3, 0.4) is 0 Å². The molecule has 130 valence electrons. The molecule has 0 aliphatic heterocycles. The molecule has 4 heteroatoms. The number of hydrogen-bond donors (Lipinski definition) is 2. The Hall–Kier alpha value is -1.78. The van der Waals surface area contributed by atoms with E-state index in [-0.39, 0.29) is 22.9 Å². The maximum absolute atomic E-state index is 6.35. The van der Waals surface area contributed by atoms with Crippen molar-refractivity contribution in [3.05, 3.63) is 47.8 Å². The van der Waals surface area contributed by atoms with Crippen LogP contribution in [0.5, 0.6) is 0 Å². The van der Waals surface area contributed by atoms with E-state index in [1.165, 1.54) is 0 Å². The van der Waals surface area contributed by atoms with Gasteiger partial charge in [-0.1, -0.05) is 53.7 Å². The summed E-state index contributed by atoms with van der Waals surface area (Å²) in [6.07, 6.45) is 0. The summed E-state index contributed by atoms with van der Waals surface area (Å²) in [6, 6.07) is 11.6. The van der Waals surface area contributed by atoms with Gasteiger partial charge in [0.05, 0.1) is 34.9 Å². The van der Waals surface area contributed by atoms with Crippen LogP contribution in [0.15, 0.2) is 36.4 Å². The summed E-state index contributed by atoms with van der Waals surface area (Å²) >= 11 is 0. The summed E-state index contributed by atoms with van der Waals surface area (Å²) < 4.78 is 0. The smallest absolute Gasteiger partial charge is 0.0890 e. The highest BCUT2D eigenvalue weighted by Crippen LogP contribution is 2.32. The van der Waals surface area contributed by atoms with Gasteiger partial charge in [-0.25, -0.2) is 9.97 Å². The highest BCUT2D eigenvalue weighted by molar-refractivity contribution is 5.54. The molecule has 2 rings (SSSR count). The van der Waals surface area contributed by atoms with E-state index in [1.807, 2.05) is 36.4 Å². The number of hydrogen-bond acceptors (Lipinski definition) is 4. The van der Waals surface area contributed by atoms with Crippen molar-refractivity contribution in [1.82, 2.24) is 9.97 Å². The molecule has 2 atom stereocenters. The predicted molar refractivity (Wildman–Crippen MR) is 100 cm³/mol. The van der Waals surface area contributed by atoms with Crippen LogP contribution < -0.4 is 11.5 Å². The minimum absolute atomic E-state index is 0.0461. The fraction of sp³-hybridized carbons (Fsp3) is 0.500. The topological polar surface area (TPSA) is 77.8 Å². The zero-order valence-electron chi connectivity index (χ0n) is 15.7. The zero-order chi connectivity index (χ0) is 18.1. The van der Waals surface area contributed by atoms with E-state index >= 15 is 0 Å². The van der Waals surface area contributed by atoms with E-state index in [4.69, 9.17) is 21.4 Å². The molecule has 0 aliphatic rings. The monoisotopic (exact) mass is 326 g/mol. The summed E-state index contributed by atoms with van der Waals surface area (Å²) in [6.45, 7) is 12.7. The quantitative estimate of drug-likeness (QED) is 0.884. The van der Waals surface area contributed by atoms with Gasteiger partial charge in [0, 0.05) is 0 Å². The highest BCUT2D eigenvalue weighted by atomic mass is 14.9. The van der Waals surface area contributed by atoms with Gasteiger partial charge in [-0.3, -0.25) is 0 Å². The minimum atomic E-state index is -0.127. The van der Waals surface area contributed by atoms with Crippen molar-refractivity contribution >= 4 is 0 Å². The Kier molecular flexibility index (Phi) is 5.11. The molecule has 4 nitrogen and oxygen atoms in total. The zero-order valence-corrected chi connectivity index (χ0v) is 15.7. The molecule has 4 N–H and O–H groups in total. The molecular formula is C20H30N4. The molecule has 0 aliphatic carbocycles. The normalized spacial score (nSPS) is 15.2. The first kappa shape index (κ1) is 18.6. The lowest BCUT2D eigenvalue weighted by Crippen LogP contribution is -2.27. The van der Waals surface area contributed by atoms with Gasteiger partial charge in [-0.2, -0.15) is 0 Å². The maximum atomic E-state index is 6.35. The maximum Gasteiger partial charge on any atom is 0.0890 e. The van der Waals surface area contributed by atoms with Crippen molar-refractivity contribution in [2.75, 3.05) is 0 Å². The van der Waals surface area contributed by atoms with Crippen LogP contribution in [0.2, 0.25) is 0 Å². The van der Waals surface area contributed by atoms with Crippen molar-refractivity contribution in [3.8, 4) is 11.4 Å². The van der Waals surface area contributed by atoms with Crippen LogP contribution in [-0.4, -0.2) is 9.97 Å². The molecule has 0 saturated heterocycles. The van der Waals surface area contributed by atoms with Gasteiger partial charge in [-0.15, -0.1) is 0 Å². The lowest BCUT2D eigenvalue weighted by molar-refractivity contribution is 0.321. The van der Waals surface area contributed by atoms with Crippen LogP contribution in [0.4, 0.5) is 0 Å². The van der Waals surface area contributed by atoms with Gasteiger partial charge >= 0.3 is 0 Å². The van der Waals surface area contributed by atoms with E-state index < -0.39 is 0 Å². The average Bonchev–Trinajstić information content (AvgIpc) is 2.52. The molecule has 0 unspecified atom stereocenters. The average molecular weight is 326 g/mol. The first-order valence-electron chi connectivity index (χ1n) is 8.45. The molecule has 24 heavy (non-hydrogen) atoms. The first-order chi connectivity index (χ1) is 11.0. The van der Waals surface area contributed by atoms with Gasteiger partial charge in [0.2, 0.25) is 0 Å². The molecule has 0 bridgehead atoms. The second kappa shape index (κ2) is 6.61. The summed E-state index contributed by atoms with van der Waals surface area (Å²) in [7, 11) is 0. The fourth-order valence-corrected chi connectivity index (χ4v) is 2.42. The standard InChI is InChI=1S/C20H30N4/c1-19(2,3)17(21)15-11-7-9-13(23-15)14-10-8-12-16(24-14)18(22)20(4,5)6/h7-12,17-18H,21-22H2,1-6H3/t17-,18-/m0/s1. The molecular weight excluding hydrogens is 296 g/mol. The third-order valence-electron chi connectivity index (χ3n) is 4.31. The minimum Gasteiger partial charge on any atom is -0.322 e. The van der Waals surface area contributed by atoms with Gasteiger partial charge in [0.25, 0.3) is 0 Å². The summed E-state index contributed by atoms with van der Waals surface area (Å²) in [5, 5.41) is 0. The second-order valence-corrected chi connectivity index (χ2v) is 8.58. The van der Waals surface area contributed by atoms with Gasteiger partial charge in [-0.05, 0) is 35.1 Å². The summed E-state index contributed by atoms with van der Waals surface area (Å²) in [4.78, 5) is 9.49. The largest absolute Gasteiger partial charge is 0.322 e. The van der Waals surface area contributed by atoms with Crippen LogP contribution in [0.25, 0.3) is 11.4 Å². The lowest BCUT2D eigenvalue weighted by Gasteiger charge is -2.27. The van der Waals surface area contributed by atoms with Gasteiger partial charge in [0.15, 0.2) is 0 Å². The molecule has 2 aromatic rings. The predicted octanol–water partition coefficient (Wildman–Crippen LogP) is 4.24. The Morgan fingerprint density at radius 3 is 1.29 bits per heavy atom. The molecule has 2 aromatic heterocycles. The molecule has 0 fully saturated rings. The van der Waals surface area contributed by atoms with Crippen LogP contribution in [0, 0.1) is 10.8 Å². The molecule has 0 aromatic carbocycles. The van der Waals surface area contributed by atoms with E-state index in [1.54, 1.807) is 0 Å². The first-order valence-corrected chi connectivity index (χ1v) is 8.45. The summed E-state index contributed by atoms with van der Waals surface area (Å²) in [5.74, 6) is 0. The van der Waals surface area contributed by atoms with Crippen molar-refractivity contribution < 1.29 is 0 Å². The third-order valence-corrected chi connectivity index (χ3v) is 4.31. The van der Waals surface area contributed by atoms with Crippen LogP contribution in [0.1, 0.15) is 65.0 Å². The Bertz CT molecular complexity index is 634. The highest BCUT2D eigenvalue weighted by Gasteiger charge is 2.25. The van der Waals surface area contributed by atoms with Crippen LogP contribution in [-0.2, 0) is 0 Å². The fourth-order valence-electron chi connectivity index (χ4n) is 2.42. The molecule has 2 heterocycles. The Balaban J connectivity index is 2.40. The summed E-state index contributed by atoms with van der Waals surface area (Å²) in [5.41, 5.74) is 16.0. The second-order valence-electron chi connectivity index (χ2n) is 8.58. The van der Waals surface area contributed by atoms with Gasteiger partial charge < -0.3 is 11.5 Å². The number of rotatable bonds is 3. The van der Waals surface area contributed by atoms with E-state index in [0.717, 1.165) is 22.8 Å². The molecule has 0 amide bonds. The van der Waals surface area contributed by atoms with E-state index in [2.05, 4.69) is 41.5 Å². The van der Waals surface area contributed by atoms with E-state index in [0.29, 0.717) is 0 Å². The van der Waals surface area contributed by atoms with Crippen molar-refractivity contribution in [3.63, 3.8) is 0 Å². The van der Waals surface area contributed by atoms with Gasteiger partial charge in [0.1, 0.15) is 0 Å². The third kappa shape index (κ3) is 4.19. The van der Waals surface area contributed by atoms with Crippen LogP contribution >= 0.6 is 0 Å². The molecule has 0 saturated carbocycles. The van der Waals surface area contributed by atoms with Crippen molar-refractivity contribution in [1.29, 1.82) is 0 Å². The van der Waals surface area contributed by atoms with Crippen molar-refractivity contribution in [2.24, 2.45) is 22.3 Å². The Labute approximate surface area is 145 Å². The number of aromatic nitrogens is 2. The number of pyridine rings is 2. The SMILES string of the molecule is CC(C)(C)[C@@H](N)c1cccc(-c2cccc([C@H](N)C(C)(C)C)n2)n1. The molecule has 0 radical (unpaired) electrons. The molecule has 0 spiro atoms. The van der Waals surface area contributed by atoms with E-state index in [9.17, 15) is 0 Å². The number of nitrogens with zero attached hydrogens (tertiary/aromatic N) is 2. The lowest BCUT2D eigenvalue weighted by atomic mass is 9.85. The number of nitrogens with two attached hydrogens (primary N) is 2. The van der Waals surface area contributed by atoms with Crippen molar-refractivity contribution in [2.45, 2.75) is 53.6 Å².